The summed E-state index contributed by atoms with van der Waals surface area (Å²) in [5.74, 6) is -0.740. The van der Waals surface area contributed by atoms with Crippen LogP contribution >= 0.6 is 0 Å². The Morgan fingerprint density at radius 1 is 1.41 bits per heavy atom. The Morgan fingerprint density at radius 3 is 2.41 bits per heavy atom. The van der Waals surface area contributed by atoms with E-state index in [1.165, 1.54) is 6.42 Å². The fourth-order valence-corrected chi connectivity index (χ4v) is 2.38. The van der Waals surface area contributed by atoms with E-state index in [2.05, 4.69) is 17.1 Å². The number of nitrogens with one attached hydrogen (secondary N) is 1. The second-order valence-corrected chi connectivity index (χ2v) is 5.25. The van der Waals surface area contributed by atoms with Crippen LogP contribution in [0.5, 0.6) is 0 Å². The first kappa shape index (κ1) is 14.5. The monoisotopic (exact) mass is 242 g/mol. The molecule has 1 aliphatic heterocycles. The van der Waals surface area contributed by atoms with Gasteiger partial charge in [-0.3, -0.25) is 10.1 Å². The summed E-state index contributed by atoms with van der Waals surface area (Å²) in [7, 11) is 0. The Kier molecular flexibility index (Phi) is 5.40. The molecule has 1 heterocycles. The number of hydrogen-bond acceptors (Lipinski definition) is 3. The largest absolute Gasteiger partial charge is 0.480 e. The van der Waals surface area contributed by atoms with Crippen molar-refractivity contribution < 1.29 is 9.90 Å². The van der Waals surface area contributed by atoms with Gasteiger partial charge >= 0.3 is 5.97 Å². The third kappa shape index (κ3) is 3.96. The maximum atomic E-state index is 11.2. The Labute approximate surface area is 104 Å². The van der Waals surface area contributed by atoms with E-state index < -0.39 is 11.5 Å². The third-order valence-electron chi connectivity index (χ3n) is 3.83. The lowest BCUT2D eigenvalue weighted by Crippen LogP contribution is -2.56. The van der Waals surface area contributed by atoms with Gasteiger partial charge in [0, 0.05) is 6.04 Å². The lowest BCUT2D eigenvalue weighted by molar-refractivity contribution is -0.144. The number of carboxylic acid groups (broad SMARTS) is 1. The molecule has 0 radical (unpaired) electrons. The number of nitrogens with zero attached hydrogens (tertiary/aromatic N) is 1. The molecule has 2 N–H and O–H groups in total. The van der Waals surface area contributed by atoms with Gasteiger partial charge in [-0.2, -0.15) is 0 Å². The van der Waals surface area contributed by atoms with Crippen molar-refractivity contribution >= 4 is 5.97 Å². The average molecular weight is 242 g/mol. The first-order valence-electron chi connectivity index (χ1n) is 6.75. The van der Waals surface area contributed by atoms with Gasteiger partial charge in [-0.1, -0.05) is 13.8 Å². The van der Waals surface area contributed by atoms with Gasteiger partial charge in [-0.05, 0) is 52.2 Å². The highest BCUT2D eigenvalue weighted by Crippen LogP contribution is 2.17. The molecule has 4 nitrogen and oxygen atoms in total. The van der Waals surface area contributed by atoms with E-state index in [-0.39, 0.29) is 0 Å². The van der Waals surface area contributed by atoms with Gasteiger partial charge < -0.3 is 10.0 Å². The number of hydrogen-bond donors (Lipinski definition) is 2. The number of aliphatic carboxylic acids is 1. The van der Waals surface area contributed by atoms with Crippen LogP contribution in [0.2, 0.25) is 0 Å². The maximum Gasteiger partial charge on any atom is 0.323 e. The van der Waals surface area contributed by atoms with E-state index in [4.69, 9.17) is 0 Å². The Morgan fingerprint density at radius 2 is 2.00 bits per heavy atom. The number of carboxylic acids is 1. The van der Waals surface area contributed by atoms with E-state index in [9.17, 15) is 9.90 Å². The van der Waals surface area contributed by atoms with Crippen LogP contribution in [0.1, 0.15) is 46.5 Å². The number of rotatable bonds is 6. The number of carbonyl (C=O) groups is 1. The summed E-state index contributed by atoms with van der Waals surface area (Å²) in [5.41, 5.74) is -0.766. The Hall–Kier alpha value is -0.610. The van der Waals surface area contributed by atoms with Crippen LogP contribution in [0.25, 0.3) is 0 Å². The normalized spacial score (nSPS) is 22.3. The second-order valence-electron chi connectivity index (χ2n) is 5.25. The molecule has 0 saturated carbocycles. The molecule has 4 heteroatoms. The summed E-state index contributed by atoms with van der Waals surface area (Å²) in [6, 6.07) is 0.351. The Bertz CT molecular complexity index is 250. The standard InChI is InChI=1S/C13H26N2O2/c1-4-8-15-9-6-11(7-10-15)14-13(3,5-2)12(16)17/h11,14H,4-10H2,1-3H3,(H,16,17). The zero-order chi connectivity index (χ0) is 12.9. The molecule has 1 atom stereocenters. The lowest BCUT2D eigenvalue weighted by atomic mass is 9.94. The lowest BCUT2D eigenvalue weighted by Gasteiger charge is -2.36. The van der Waals surface area contributed by atoms with Gasteiger partial charge in [0.2, 0.25) is 0 Å². The molecule has 0 aliphatic carbocycles. The third-order valence-corrected chi connectivity index (χ3v) is 3.83. The van der Waals surface area contributed by atoms with E-state index in [0.717, 1.165) is 32.5 Å². The van der Waals surface area contributed by atoms with Crippen molar-refractivity contribution in [2.45, 2.75) is 58.0 Å². The summed E-state index contributed by atoms with van der Waals surface area (Å²) in [6.45, 7) is 9.25. The van der Waals surface area contributed by atoms with E-state index in [1.54, 1.807) is 6.92 Å². The van der Waals surface area contributed by atoms with Gasteiger partial charge in [-0.25, -0.2) is 0 Å². The average Bonchev–Trinajstić information content (AvgIpc) is 2.31. The van der Waals surface area contributed by atoms with Crippen molar-refractivity contribution in [2.24, 2.45) is 0 Å². The van der Waals surface area contributed by atoms with Crippen molar-refractivity contribution in [3.8, 4) is 0 Å². The minimum absolute atomic E-state index is 0.351. The number of likely N-dealkylation sites (tertiary alicyclic amines) is 1. The molecule has 100 valence electrons. The van der Waals surface area contributed by atoms with Gasteiger partial charge in [0.15, 0.2) is 0 Å². The molecule has 0 aromatic carbocycles. The maximum absolute atomic E-state index is 11.2. The van der Waals surface area contributed by atoms with Gasteiger partial charge in [0.05, 0.1) is 0 Å². The summed E-state index contributed by atoms with van der Waals surface area (Å²) >= 11 is 0. The summed E-state index contributed by atoms with van der Waals surface area (Å²) < 4.78 is 0. The second kappa shape index (κ2) is 6.36. The van der Waals surface area contributed by atoms with Crippen LogP contribution in [0.4, 0.5) is 0 Å². The minimum atomic E-state index is -0.766. The fourth-order valence-electron chi connectivity index (χ4n) is 2.38. The summed E-state index contributed by atoms with van der Waals surface area (Å²) in [5, 5.41) is 12.5. The van der Waals surface area contributed by atoms with Crippen LogP contribution in [-0.2, 0) is 4.79 Å². The van der Waals surface area contributed by atoms with Crippen LogP contribution in [0, 0.1) is 0 Å². The molecule has 0 aromatic rings. The van der Waals surface area contributed by atoms with Crippen molar-refractivity contribution in [1.29, 1.82) is 0 Å². The highest BCUT2D eigenvalue weighted by atomic mass is 16.4. The summed E-state index contributed by atoms with van der Waals surface area (Å²) in [6.07, 6.45) is 3.93. The predicted molar refractivity (Wildman–Crippen MR) is 69.2 cm³/mol. The molecule has 0 amide bonds. The smallest absolute Gasteiger partial charge is 0.323 e. The number of piperidine rings is 1. The molecule has 1 unspecified atom stereocenters. The van der Waals surface area contributed by atoms with Crippen LogP contribution < -0.4 is 5.32 Å². The molecular formula is C13H26N2O2. The molecule has 1 aliphatic rings. The van der Waals surface area contributed by atoms with E-state index in [0.29, 0.717) is 12.5 Å². The predicted octanol–water partition coefficient (Wildman–Crippen LogP) is 1.70. The van der Waals surface area contributed by atoms with E-state index in [1.807, 2.05) is 6.92 Å². The zero-order valence-electron chi connectivity index (χ0n) is 11.3. The van der Waals surface area contributed by atoms with Crippen molar-refractivity contribution in [3.05, 3.63) is 0 Å². The molecule has 1 rings (SSSR count). The summed E-state index contributed by atoms with van der Waals surface area (Å²) in [4.78, 5) is 13.7. The van der Waals surface area contributed by atoms with Gasteiger partial charge in [0.1, 0.15) is 5.54 Å². The van der Waals surface area contributed by atoms with Crippen molar-refractivity contribution in [1.82, 2.24) is 10.2 Å². The highest BCUT2D eigenvalue weighted by Gasteiger charge is 2.34. The quantitative estimate of drug-likeness (QED) is 0.744. The molecule has 0 bridgehead atoms. The highest BCUT2D eigenvalue weighted by molar-refractivity contribution is 5.78. The fraction of sp³-hybridized carbons (Fsp3) is 0.923. The Balaban J connectivity index is 2.42. The van der Waals surface area contributed by atoms with Crippen molar-refractivity contribution in [2.75, 3.05) is 19.6 Å². The van der Waals surface area contributed by atoms with Crippen LogP contribution in [-0.4, -0.2) is 47.2 Å². The topological polar surface area (TPSA) is 52.6 Å². The van der Waals surface area contributed by atoms with Gasteiger partial charge in [-0.15, -0.1) is 0 Å². The van der Waals surface area contributed by atoms with Crippen LogP contribution in [0.3, 0.4) is 0 Å². The molecular weight excluding hydrogens is 216 g/mol. The minimum Gasteiger partial charge on any atom is -0.480 e. The first-order valence-corrected chi connectivity index (χ1v) is 6.75. The van der Waals surface area contributed by atoms with Crippen LogP contribution in [0.15, 0.2) is 0 Å². The molecule has 0 spiro atoms. The molecule has 1 fully saturated rings. The van der Waals surface area contributed by atoms with E-state index >= 15 is 0 Å². The first-order chi connectivity index (χ1) is 8.01. The molecule has 1 saturated heterocycles. The molecule has 17 heavy (non-hydrogen) atoms. The van der Waals surface area contributed by atoms with Gasteiger partial charge in [0.25, 0.3) is 0 Å². The van der Waals surface area contributed by atoms with Crippen molar-refractivity contribution in [3.63, 3.8) is 0 Å². The molecule has 0 aromatic heterocycles. The SMILES string of the molecule is CCCN1CCC(NC(C)(CC)C(=O)O)CC1. The zero-order valence-corrected chi connectivity index (χ0v) is 11.3.